The summed E-state index contributed by atoms with van der Waals surface area (Å²) in [7, 11) is 1.84. The van der Waals surface area contributed by atoms with Gasteiger partial charge in [-0.25, -0.2) is 0 Å². The highest BCUT2D eigenvalue weighted by atomic mass is 16.2. The third-order valence-corrected chi connectivity index (χ3v) is 3.93. The average Bonchev–Trinajstić information content (AvgIpc) is 2.76. The number of likely N-dealkylation sites (tertiary alicyclic amines) is 1. The van der Waals surface area contributed by atoms with Crippen LogP contribution < -0.4 is 0 Å². The van der Waals surface area contributed by atoms with Gasteiger partial charge in [-0.3, -0.25) is 4.79 Å². The van der Waals surface area contributed by atoms with Crippen LogP contribution in [0.1, 0.15) is 18.0 Å². The van der Waals surface area contributed by atoms with E-state index in [9.17, 15) is 4.79 Å². The maximum atomic E-state index is 11.8. The number of carbonyl (C=O) groups excluding carboxylic acids is 1. The highest BCUT2D eigenvalue weighted by Gasteiger charge is 2.31. The number of likely N-dealkylation sites (N-methyl/N-ethyl adjacent to an activating group) is 1. The lowest BCUT2D eigenvalue weighted by Crippen LogP contribution is -2.22. The quantitative estimate of drug-likeness (QED) is 0.754. The Labute approximate surface area is 119 Å². The van der Waals surface area contributed by atoms with Gasteiger partial charge in [0.15, 0.2) is 0 Å². The van der Waals surface area contributed by atoms with Crippen molar-refractivity contribution in [3.05, 3.63) is 72.3 Å². The van der Waals surface area contributed by atoms with Gasteiger partial charge in [0.1, 0.15) is 0 Å². The second-order valence-electron chi connectivity index (χ2n) is 5.23. The molecule has 0 N–H and O–H groups in total. The minimum atomic E-state index is 0.0575. The SMILES string of the molecule is C=C1C[C@H](c2ccc(-c3ccccc3)cc2)N(C)C1=O. The predicted octanol–water partition coefficient (Wildman–Crippen LogP) is 3.81. The van der Waals surface area contributed by atoms with Crippen LogP contribution >= 0.6 is 0 Å². The molecule has 100 valence electrons. The van der Waals surface area contributed by atoms with Gasteiger partial charge < -0.3 is 4.90 Å². The average molecular weight is 263 g/mol. The van der Waals surface area contributed by atoms with Crippen molar-refractivity contribution in [2.45, 2.75) is 12.5 Å². The molecule has 0 unspecified atom stereocenters. The Kier molecular flexibility index (Phi) is 3.15. The molecule has 2 aromatic carbocycles. The molecular formula is C18H17NO. The zero-order valence-electron chi connectivity index (χ0n) is 11.5. The summed E-state index contributed by atoms with van der Waals surface area (Å²) in [5, 5.41) is 0. The van der Waals surface area contributed by atoms with E-state index in [2.05, 4.69) is 43.0 Å². The summed E-state index contributed by atoms with van der Waals surface area (Å²) in [5.74, 6) is 0.0575. The first-order chi connectivity index (χ1) is 9.66. The number of hydrogen-bond donors (Lipinski definition) is 0. The van der Waals surface area contributed by atoms with E-state index in [-0.39, 0.29) is 11.9 Å². The molecule has 1 amide bonds. The topological polar surface area (TPSA) is 20.3 Å². The highest BCUT2D eigenvalue weighted by Crippen LogP contribution is 2.34. The zero-order valence-corrected chi connectivity index (χ0v) is 11.5. The largest absolute Gasteiger partial charge is 0.335 e. The Morgan fingerprint density at radius 1 is 1.00 bits per heavy atom. The first-order valence-corrected chi connectivity index (χ1v) is 6.77. The van der Waals surface area contributed by atoms with Crippen molar-refractivity contribution in [2.24, 2.45) is 0 Å². The summed E-state index contributed by atoms with van der Waals surface area (Å²) in [5.41, 5.74) is 4.27. The van der Waals surface area contributed by atoms with Crippen LogP contribution in [0.2, 0.25) is 0 Å². The first kappa shape index (κ1) is 12.7. The molecule has 2 nitrogen and oxygen atoms in total. The Balaban J connectivity index is 1.87. The van der Waals surface area contributed by atoms with Crippen LogP contribution in [0.5, 0.6) is 0 Å². The third-order valence-electron chi connectivity index (χ3n) is 3.93. The number of rotatable bonds is 2. The van der Waals surface area contributed by atoms with E-state index in [4.69, 9.17) is 0 Å². The molecule has 1 fully saturated rings. The van der Waals surface area contributed by atoms with Gasteiger partial charge in [0.05, 0.1) is 6.04 Å². The van der Waals surface area contributed by atoms with Gasteiger partial charge in [-0.1, -0.05) is 61.2 Å². The van der Waals surface area contributed by atoms with E-state index in [0.717, 1.165) is 6.42 Å². The number of amides is 1. The third kappa shape index (κ3) is 2.14. The summed E-state index contributed by atoms with van der Waals surface area (Å²) in [6.45, 7) is 3.84. The fourth-order valence-corrected chi connectivity index (χ4v) is 2.72. The van der Waals surface area contributed by atoms with E-state index in [0.29, 0.717) is 5.57 Å². The van der Waals surface area contributed by atoms with Crippen LogP contribution in [0.15, 0.2) is 66.7 Å². The van der Waals surface area contributed by atoms with E-state index >= 15 is 0 Å². The van der Waals surface area contributed by atoms with Gasteiger partial charge in [-0.05, 0) is 16.7 Å². The fourth-order valence-electron chi connectivity index (χ4n) is 2.72. The molecule has 0 spiro atoms. The number of carbonyl (C=O) groups is 1. The molecule has 0 saturated carbocycles. The molecule has 1 heterocycles. The summed E-state index contributed by atoms with van der Waals surface area (Å²) < 4.78 is 0. The van der Waals surface area contributed by atoms with Gasteiger partial charge in [-0.15, -0.1) is 0 Å². The molecule has 20 heavy (non-hydrogen) atoms. The molecular weight excluding hydrogens is 246 g/mol. The Morgan fingerprint density at radius 2 is 1.60 bits per heavy atom. The van der Waals surface area contributed by atoms with Gasteiger partial charge in [0.2, 0.25) is 5.91 Å². The van der Waals surface area contributed by atoms with E-state index in [1.807, 2.05) is 25.2 Å². The van der Waals surface area contributed by atoms with E-state index in [1.54, 1.807) is 4.90 Å². The standard InChI is InChI=1S/C18H17NO/c1-13-12-17(19(2)18(13)20)16-10-8-15(9-11-16)14-6-4-3-5-7-14/h3-11,17H,1,12H2,2H3/t17-/m1/s1. The van der Waals surface area contributed by atoms with Crippen LogP contribution in [-0.4, -0.2) is 17.9 Å². The van der Waals surface area contributed by atoms with Crippen LogP contribution in [0.3, 0.4) is 0 Å². The molecule has 1 saturated heterocycles. The van der Waals surface area contributed by atoms with Crippen LogP contribution in [0.4, 0.5) is 0 Å². The van der Waals surface area contributed by atoms with Crippen LogP contribution in [0.25, 0.3) is 11.1 Å². The molecule has 0 aliphatic carbocycles. The van der Waals surface area contributed by atoms with Crippen LogP contribution in [0, 0.1) is 0 Å². The molecule has 1 atom stereocenters. The Bertz CT molecular complexity index is 643. The summed E-state index contributed by atoms with van der Waals surface area (Å²) in [6.07, 6.45) is 0.722. The normalized spacial score (nSPS) is 18.6. The van der Waals surface area contributed by atoms with Crippen molar-refractivity contribution in [1.82, 2.24) is 4.90 Å². The minimum absolute atomic E-state index is 0.0575. The number of nitrogens with zero attached hydrogens (tertiary/aromatic N) is 1. The summed E-state index contributed by atoms with van der Waals surface area (Å²) in [6, 6.07) is 18.9. The zero-order chi connectivity index (χ0) is 14.1. The van der Waals surface area contributed by atoms with Gasteiger partial charge >= 0.3 is 0 Å². The lowest BCUT2D eigenvalue weighted by atomic mass is 9.99. The van der Waals surface area contributed by atoms with Gasteiger partial charge in [0, 0.05) is 19.0 Å². The molecule has 1 aliphatic heterocycles. The Hall–Kier alpha value is -2.35. The molecule has 0 aromatic heterocycles. The fraction of sp³-hybridized carbons (Fsp3) is 0.167. The predicted molar refractivity (Wildman–Crippen MR) is 81.1 cm³/mol. The van der Waals surface area contributed by atoms with Crippen molar-refractivity contribution in [1.29, 1.82) is 0 Å². The smallest absolute Gasteiger partial charge is 0.249 e. The van der Waals surface area contributed by atoms with Crippen molar-refractivity contribution in [3.8, 4) is 11.1 Å². The highest BCUT2D eigenvalue weighted by molar-refractivity contribution is 5.95. The molecule has 0 radical (unpaired) electrons. The lowest BCUT2D eigenvalue weighted by Gasteiger charge is -2.19. The van der Waals surface area contributed by atoms with Crippen LogP contribution in [-0.2, 0) is 4.79 Å². The van der Waals surface area contributed by atoms with Crippen molar-refractivity contribution in [2.75, 3.05) is 7.05 Å². The second-order valence-corrected chi connectivity index (χ2v) is 5.23. The first-order valence-electron chi connectivity index (χ1n) is 6.77. The summed E-state index contributed by atoms with van der Waals surface area (Å²) in [4.78, 5) is 13.6. The monoisotopic (exact) mass is 263 g/mol. The molecule has 1 aliphatic rings. The van der Waals surface area contributed by atoms with Crippen molar-refractivity contribution >= 4 is 5.91 Å². The second kappa shape index (κ2) is 4.97. The molecule has 0 bridgehead atoms. The molecule has 2 heteroatoms. The maximum absolute atomic E-state index is 11.8. The minimum Gasteiger partial charge on any atom is -0.335 e. The summed E-state index contributed by atoms with van der Waals surface area (Å²) >= 11 is 0. The van der Waals surface area contributed by atoms with E-state index in [1.165, 1.54) is 16.7 Å². The molecule has 2 aromatic rings. The van der Waals surface area contributed by atoms with Crippen molar-refractivity contribution < 1.29 is 4.79 Å². The lowest BCUT2D eigenvalue weighted by molar-refractivity contribution is -0.124. The molecule has 3 rings (SSSR count). The number of hydrogen-bond acceptors (Lipinski definition) is 1. The Morgan fingerprint density at radius 3 is 2.15 bits per heavy atom. The van der Waals surface area contributed by atoms with Gasteiger partial charge in [-0.2, -0.15) is 0 Å². The van der Waals surface area contributed by atoms with Crippen molar-refractivity contribution in [3.63, 3.8) is 0 Å². The maximum Gasteiger partial charge on any atom is 0.249 e. The van der Waals surface area contributed by atoms with E-state index < -0.39 is 0 Å². The number of benzene rings is 2. The van der Waals surface area contributed by atoms with Gasteiger partial charge in [0.25, 0.3) is 0 Å².